The van der Waals surface area contributed by atoms with Crippen LogP contribution >= 0.6 is 22.9 Å². The van der Waals surface area contributed by atoms with E-state index in [4.69, 9.17) is 16.7 Å². The van der Waals surface area contributed by atoms with Gasteiger partial charge in [-0.15, -0.1) is 11.3 Å². The molecular weight excluding hydrogens is 214 g/mol. The average molecular weight is 220 g/mol. The second-order valence-electron chi connectivity index (χ2n) is 2.28. The number of halogens is 1. The van der Waals surface area contributed by atoms with Crippen LogP contribution in [0.25, 0.3) is 0 Å². The number of rotatable bonds is 2. The van der Waals surface area contributed by atoms with Gasteiger partial charge in [-0.25, -0.2) is 4.79 Å². The molecule has 0 bridgehead atoms. The summed E-state index contributed by atoms with van der Waals surface area (Å²) < 4.78 is 0.271. The molecule has 1 heterocycles. The van der Waals surface area contributed by atoms with Crippen molar-refractivity contribution >= 4 is 40.5 Å². The van der Waals surface area contributed by atoms with Gasteiger partial charge < -0.3 is 10.4 Å². The van der Waals surface area contributed by atoms with Gasteiger partial charge in [-0.05, 0) is 6.07 Å². The topological polar surface area (TPSA) is 66.4 Å². The first-order chi connectivity index (χ1) is 6.00. The van der Waals surface area contributed by atoms with E-state index < -0.39 is 5.97 Å². The maximum Gasteiger partial charge on any atom is 0.345 e. The standard InChI is InChI=1S/C7H6ClNO3S/c1-3(10)9-4-2-5(7(11)12)13-6(4)8/h2H,1H3,(H,9,10)(H,11,12). The fraction of sp³-hybridized carbons (Fsp3) is 0.143. The lowest BCUT2D eigenvalue weighted by molar-refractivity contribution is -0.114. The lowest BCUT2D eigenvalue weighted by Crippen LogP contribution is -2.04. The lowest BCUT2D eigenvalue weighted by Gasteiger charge is -1.96. The lowest BCUT2D eigenvalue weighted by atomic mass is 10.4. The number of amides is 1. The molecule has 0 fully saturated rings. The van der Waals surface area contributed by atoms with Crippen LogP contribution in [-0.4, -0.2) is 17.0 Å². The van der Waals surface area contributed by atoms with E-state index in [-0.39, 0.29) is 15.1 Å². The second-order valence-corrected chi connectivity index (χ2v) is 3.94. The van der Waals surface area contributed by atoms with E-state index in [1.54, 1.807) is 0 Å². The number of nitrogens with one attached hydrogen (secondary N) is 1. The van der Waals surface area contributed by atoms with Gasteiger partial charge in [-0.3, -0.25) is 4.79 Å². The summed E-state index contributed by atoms with van der Waals surface area (Å²) in [6.07, 6.45) is 0. The van der Waals surface area contributed by atoms with Crippen LogP contribution in [0.1, 0.15) is 16.6 Å². The van der Waals surface area contributed by atoms with Crippen molar-refractivity contribution in [2.75, 3.05) is 5.32 Å². The van der Waals surface area contributed by atoms with Crippen molar-refractivity contribution in [3.05, 3.63) is 15.3 Å². The van der Waals surface area contributed by atoms with Gasteiger partial charge in [-0.2, -0.15) is 0 Å². The number of carbonyl (C=O) groups is 2. The summed E-state index contributed by atoms with van der Waals surface area (Å²) in [5.74, 6) is -1.33. The van der Waals surface area contributed by atoms with Crippen LogP contribution in [0.3, 0.4) is 0 Å². The highest BCUT2D eigenvalue weighted by Crippen LogP contribution is 2.31. The Morgan fingerprint density at radius 3 is 2.62 bits per heavy atom. The minimum Gasteiger partial charge on any atom is -0.477 e. The van der Waals surface area contributed by atoms with Crippen molar-refractivity contribution in [2.24, 2.45) is 0 Å². The first-order valence-electron chi connectivity index (χ1n) is 3.31. The Bertz CT molecular complexity index is 361. The van der Waals surface area contributed by atoms with Crippen molar-refractivity contribution < 1.29 is 14.7 Å². The van der Waals surface area contributed by atoms with Crippen molar-refractivity contribution in [1.29, 1.82) is 0 Å². The monoisotopic (exact) mass is 219 g/mol. The van der Waals surface area contributed by atoms with E-state index in [2.05, 4.69) is 5.32 Å². The molecule has 0 aromatic carbocycles. The molecule has 0 unspecified atom stereocenters. The van der Waals surface area contributed by atoms with Gasteiger partial charge >= 0.3 is 5.97 Å². The number of anilines is 1. The van der Waals surface area contributed by atoms with Crippen LogP contribution in [0.4, 0.5) is 5.69 Å². The van der Waals surface area contributed by atoms with E-state index in [0.717, 1.165) is 11.3 Å². The summed E-state index contributed by atoms with van der Waals surface area (Å²) in [4.78, 5) is 21.2. The Labute approximate surface area is 83.1 Å². The van der Waals surface area contributed by atoms with Crippen molar-refractivity contribution in [3.63, 3.8) is 0 Å². The molecule has 0 saturated heterocycles. The molecule has 0 atom stereocenters. The van der Waals surface area contributed by atoms with E-state index in [9.17, 15) is 9.59 Å². The highest BCUT2D eigenvalue weighted by atomic mass is 35.5. The van der Waals surface area contributed by atoms with Crippen molar-refractivity contribution in [2.45, 2.75) is 6.92 Å². The molecule has 0 spiro atoms. The third kappa shape index (κ3) is 2.43. The molecule has 70 valence electrons. The number of hydrogen-bond donors (Lipinski definition) is 2. The van der Waals surface area contributed by atoms with E-state index >= 15 is 0 Å². The Balaban J connectivity index is 2.96. The zero-order chi connectivity index (χ0) is 10.0. The minimum atomic E-state index is -1.05. The van der Waals surface area contributed by atoms with Gasteiger partial charge in [0.2, 0.25) is 5.91 Å². The number of aromatic carboxylic acids is 1. The molecule has 1 amide bonds. The summed E-state index contributed by atoms with van der Waals surface area (Å²) in [6.45, 7) is 1.33. The summed E-state index contributed by atoms with van der Waals surface area (Å²) >= 11 is 6.59. The quantitative estimate of drug-likeness (QED) is 0.800. The van der Waals surface area contributed by atoms with Crippen molar-refractivity contribution in [1.82, 2.24) is 0 Å². The van der Waals surface area contributed by atoms with Gasteiger partial charge in [0.05, 0.1) is 5.69 Å². The van der Waals surface area contributed by atoms with Gasteiger partial charge in [0.15, 0.2) is 0 Å². The number of carbonyl (C=O) groups excluding carboxylic acids is 1. The SMILES string of the molecule is CC(=O)Nc1cc(C(=O)O)sc1Cl. The number of carboxylic acid groups (broad SMARTS) is 1. The van der Waals surface area contributed by atoms with Crippen molar-refractivity contribution in [3.8, 4) is 0 Å². The van der Waals surface area contributed by atoms with E-state index in [1.807, 2.05) is 0 Å². The van der Waals surface area contributed by atoms with Gasteiger partial charge in [0.1, 0.15) is 9.21 Å². The Morgan fingerprint density at radius 2 is 2.23 bits per heavy atom. The number of thiophene rings is 1. The molecule has 1 rings (SSSR count). The summed E-state index contributed by atoms with van der Waals surface area (Å²) in [5.41, 5.74) is 0.344. The maximum absolute atomic E-state index is 10.6. The first-order valence-corrected chi connectivity index (χ1v) is 4.50. The summed E-state index contributed by atoms with van der Waals surface area (Å²) in [7, 11) is 0. The smallest absolute Gasteiger partial charge is 0.345 e. The van der Waals surface area contributed by atoms with Crippen LogP contribution in [0, 0.1) is 0 Å². The molecule has 0 radical (unpaired) electrons. The minimum absolute atomic E-state index is 0.105. The molecule has 6 heteroatoms. The first kappa shape index (κ1) is 10.0. The Kier molecular flexibility index (Phi) is 2.90. The molecule has 1 aromatic rings. The third-order valence-electron chi connectivity index (χ3n) is 1.21. The van der Waals surface area contributed by atoms with E-state index in [1.165, 1.54) is 13.0 Å². The molecule has 0 saturated carbocycles. The molecule has 0 aliphatic rings. The molecule has 4 nitrogen and oxygen atoms in total. The Morgan fingerprint density at radius 1 is 1.62 bits per heavy atom. The van der Waals surface area contributed by atoms with Crippen LogP contribution in [0.15, 0.2) is 6.07 Å². The second kappa shape index (κ2) is 3.76. The summed E-state index contributed by atoms with van der Waals surface area (Å²) in [6, 6.07) is 1.33. The van der Waals surface area contributed by atoms with Crippen LogP contribution in [0.5, 0.6) is 0 Å². The van der Waals surface area contributed by atoms with Crippen LogP contribution in [-0.2, 0) is 4.79 Å². The molecule has 1 aromatic heterocycles. The zero-order valence-electron chi connectivity index (χ0n) is 6.63. The number of carboxylic acids is 1. The molecule has 0 aliphatic carbocycles. The number of hydrogen-bond acceptors (Lipinski definition) is 3. The fourth-order valence-corrected chi connectivity index (χ4v) is 1.78. The zero-order valence-corrected chi connectivity index (χ0v) is 8.20. The molecule has 2 N–H and O–H groups in total. The van der Waals surface area contributed by atoms with Gasteiger partial charge in [0.25, 0.3) is 0 Å². The predicted octanol–water partition coefficient (Wildman–Crippen LogP) is 2.06. The highest BCUT2D eigenvalue weighted by Gasteiger charge is 2.12. The Hall–Kier alpha value is -1.07. The maximum atomic E-state index is 10.6. The van der Waals surface area contributed by atoms with Gasteiger partial charge in [-0.1, -0.05) is 11.6 Å². The molecule has 0 aliphatic heterocycles. The summed E-state index contributed by atoms with van der Waals surface area (Å²) in [5, 5.41) is 11.0. The van der Waals surface area contributed by atoms with E-state index in [0.29, 0.717) is 5.69 Å². The average Bonchev–Trinajstić information content (AvgIpc) is 2.31. The molecular formula is C7H6ClNO3S. The normalized spacial score (nSPS) is 9.69. The fourth-order valence-electron chi connectivity index (χ4n) is 0.749. The largest absolute Gasteiger partial charge is 0.477 e. The van der Waals surface area contributed by atoms with Crippen LogP contribution < -0.4 is 5.32 Å². The third-order valence-corrected chi connectivity index (χ3v) is 2.55. The predicted molar refractivity (Wildman–Crippen MR) is 50.6 cm³/mol. The van der Waals surface area contributed by atoms with Crippen LogP contribution in [0.2, 0.25) is 4.34 Å². The highest BCUT2D eigenvalue weighted by molar-refractivity contribution is 7.18. The molecule has 13 heavy (non-hydrogen) atoms. The van der Waals surface area contributed by atoms with Gasteiger partial charge in [0, 0.05) is 6.92 Å².